The number of carbonyl (C=O) groups excluding carboxylic acids is 2. The number of hydrazone groups is 1. The summed E-state index contributed by atoms with van der Waals surface area (Å²) in [5, 5.41) is 3.85. The van der Waals surface area contributed by atoms with Crippen LogP contribution in [0.4, 0.5) is 4.39 Å². The van der Waals surface area contributed by atoms with Crippen LogP contribution in [0.15, 0.2) is 77.9 Å². The third-order valence-electron chi connectivity index (χ3n) is 3.98. The Hall–Kier alpha value is -4.20. The summed E-state index contributed by atoms with van der Waals surface area (Å²) < 4.78 is 28.5. The zero-order valence-electron chi connectivity index (χ0n) is 16.6. The molecule has 0 aliphatic heterocycles. The highest BCUT2D eigenvalue weighted by Crippen LogP contribution is 2.16. The van der Waals surface area contributed by atoms with Crippen molar-refractivity contribution in [2.75, 3.05) is 13.7 Å². The average molecular weight is 422 g/mol. The van der Waals surface area contributed by atoms with Gasteiger partial charge in [0.1, 0.15) is 23.1 Å². The molecule has 3 rings (SSSR count). The number of methoxy groups -OCH3 is 1. The minimum absolute atomic E-state index is 0.275. The quantitative estimate of drug-likeness (QED) is 0.260. The highest BCUT2D eigenvalue weighted by atomic mass is 19.1. The predicted octanol–water partition coefficient (Wildman–Crippen LogP) is 3.58. The standard InChI is InChI=1S/C23H19FN2O5/c1-29-19-9-5-17(6-10-19)23(28)31-21-4-2-3-16(13-21)14-25-26-22(27)15-30-20-11-7-18(24)8-12-20/h2-14H,15H2,1H3,(H,26,27). The van der Waals surface area contributed by atoms with Gasteiger partial charge in [0.2, 0.25) is 0 Å². The molecular weight excluding hydrogens is 403 g/mol. The predicted molar refractivity (Wildman–Crippen MR) is 112 cm³/mol. The normalized spacial score (nSPS) is 10.5. The first-order valence-corrected chi connectivity index (χ1v) is 9.20. The molecule has 0 aromatic heterocycles. The second kappa shape index (κ2) is 10.5. The van der Waals surface area contributed by atoms with E-state index >= 15 is 0 Å². The molecule has 0 radical (unpaired) electrons. The van der Waals surface area contributed by atoms with Crippen LogP contribution in [0, 0.1) is 5.82 Å². The Morgan fingerprint density at radius 2 is 1.68 bits per heavy atom. The monoisotopic (exact) mass is 422 g/mol. The first kappa shape index (κ1) is 21.5. The van der Waals surface area contributed by atoms with Crippen molar-refractivity contribution in [2.24, 2.45) is 5.10 Å². The third-order valence-corrected chi connectivity index (χ3v) is 3.98. The second-order valence-corrected chi connectivity index (χ2v) is 6.23. The molecule has 3 aromatic carbocycles. The summed E-state index contributed by atoms with van der Waals surface area (Å²) in [5.41, 5.74) is 3.32. The van der Waals surface area contributed by atoms with Crippen LogP contribution in [0.3, 0.4) is 0 Å². The number of nitrogens with one attached hydrogen (secondary N) is 1. The summed E-state index contributed by atoms with van der Waals surface area (Å²) in [7, 11) is 1.54. The minimum Gasteiger partial charge on any atom is -0.497 e. The Kier molecular flexibility index (Phi) is 7.31. The molecule has 0 atom stereocenters. The maximum atomic E-state index is 12.8. The summed E-state index contributed by atoms with van der Waals surface area (Å²) >= 11 is 0. The molecule has 1 N–H and O–H groups in total. The van der Waals surface area contributed by atoms with Gasteiger partial charge in [0.15, 0.2) is 6.61 Å². The minimum atomic E-state index is -0.511. The zero-order valence-corrected chi connectivity index (χ0v) is 16.6. The molecule has 0 bridgehead atoms. The van der Waals surface area contributed by atoms with Gasteiger partial charge in [0.05, 0.1) is 18.9 Å². The lowest BCUT2D eigenvalue weighted by molar-refractivity contribution is -0.123. The van der Waals surface area contributed by atoms with Crippen molar-refractivity contribution in [1.82, 2.24) is 5.43 Å². The van der Waals surface area contributed by atoms with Crippen LogP contribution in [0.2, 0.25) is 0 Å². The number of ether oxygens (including phenoxy) is 3. The molecule has 0 fully saturated rings. The number of nitrogens with zero attached hydrogens (tertiary/aromatic N) is 1. The van der Waals surface area contributed by atoms with E-state index in [1.165, 1.54) is 30.5 Å². The number of esters is 1. The van der Waals surface area contributed by atoms with E-state index in [2.05, 4.69) is 10.5 Å². The molecule has 0 saturated heterocycles. The fourth-order valence-corrected chi connectivity index (χ4v) is 2.44. The van der Waals surface area contributed by atoms with Crippen LogP contribution in [0.25, 0.3) is 0 Å². The molecule has 158 valence electrons. The number of hydrogen-bond donors (Lipinski definition) is 1. The number of hydrogen-bond acceptors (Lipinski definition) is 6. The molecule has 0 aliphatic carbocycles. The Bertz CT molecular complexity index is 1070. The van der Waals surface area contributed by atoms with Crippen molar-refractivity contribution < 1.29 is 28.2 Å². The molecule has 7 nitrogen and oxygen atoms in total. The number of rotatable bonds is 8. The Morgan fingerprint density at radius 3 is 2.39 bits per heavy atom. The highest BCUT2D eigenvalue weighted by molar-refractivity contribution is 5.91. The topological polar surface area (TPSA) is 86.2 Å². The third kappa shape index (κ3) is 6.67. The Labute approximate surface area is 178 Å². The van der Waals surface area contributed by atoms with E-state index in [1.54, 1.807) is 55.6 Å². The van der Waals surface area contributed by atoms with Gasteiger partial charge in [0.25, 0.3) is 5.91 Å². The molecule has 8 heteroatoms. The average Bonchev–Trinajstić information content (AvgIpc) is 2.79. The maximum Gasteiger partial charge on any atom is 0.343 e. The molecular formula is C23H19FN2O5. The van der Waals surface area contributed by atoms with Crippen LogP contribution in [-0.2, 0) is 4.79 Å². The van der Waals surface area contributed by atoms with E-state index in [9.17, 15) is 14.0 Å². The molecule has 0 aliphatic rings. The summed E-state index contributed by atoms with van der Waals surface area (Å²) in [6.45, 7) is -0.275. The largest absolute Gasteiger partial charge is 0.497 e. The van der Waals surface area contributed by atoms with Gasteiger partial charge in [-0.15, -0.1) is 0 Å². The van der Waals surface area contributed by atoms with E-state index in [4.69, 9.17) is 14.2 Å². The van der Waals surface area contributed by atoms with Gasteiger partial charge in [-0.3, -0.25) is 4.79 Å². The summed E-state index contributed by atoms with van der Waals surface area (Å²) in [5.74, 6) is -0.0496. The van der Waals surface area contributed by atoms with Crippen molar-refractivity contribution in [3.05, 3.63) is 89.7 Å². The fourth-order valence-electron chi connectivity index (χ4n) is 2.44. The van der Waals surface area contributed by atoms with Gasteiger partial charge < -0.3 is 14.2 Å². The van der Waals surface area contributed by atoms with Crippen molar-refractivity contribution in [1.29, 1.82) is 0 Å². The van der Waals surface area contributed by atoms with Crippen LogP contribution < -0.4 is 19.6 Å². The first-order valence-electron chi connectivity index (χ1n) is 9.20. The van der Waals surface area contributed by atoms with Gasteiger partial charge in [-0.25, -0.2) is 14.6 Å². The number of amides is 1. The Balaban J connectivity index is 1.50. The van der Waals surface area contributed by atoms with Gasteiger partial charge in [-0.2, -0.15) is 5.10 Å². The van der Waals surface area contributed by atoms with E-state index < -0.39 is 17.7 Å². The number of carbonyl (C=O) groups is 2. The molecule has 0 spiro atoms. The van der Waals surface area contributed by atoms with Gasteiger partial charge in [-0.1, -0.05) is 12.1 Å². The lowest BCUT2D eigenvalue weighted by Gasteiger charge is -2.06. The van der Waals surface area contributed by atoms with Crippen molar-refractivity contribution in [3.63, 3.8) is 0 Å². The summed E-state index contributed by atoms with van der Waals surface area (Å²) in [4.78, 5) is 24.0. The van der Waals surface area contributed by atoms with E-state index in [-0.39, 0.29) is 6.61 Å². The summed E-state index contributed by atoms with van der Waals surface area (Å²) in [6.07, 6.45) is 1.40. The fraction of sp³-hybridized carbons (Fsp3) is 0.0870. The van der Waals surface area contributed by atoms with Gasteiger partial charge >= 0.3 is 5.97 Å². The van der Waals surface area contributed by atoms with Crippen molar-refractivity contribution >= 4 is 18.1 Å². The van der Waals surface area contributed by atoms with Crippen molar-refractivity contribution in [3.8, 4) is 17.2 Å². The van der Waals surface area contributed by atoms with Crippen LogP contribution >= 0.6 is 0 Å². The lowest BCUT2D eigenvalue weighted by Crippen LogP contribution is -2.24. The van der Waals surface area contributed by atoms with E-state index in [0.717, 1.165) is 0 Å². The first-order chi connectivity index (χ1) is 15.0. The van der Waals surface area contributed by atoms with E-state index in [0.29, 0.717) is 28.4 Å². The van der Waals surface area contributed by atoms with Crippen LogP contribution in [0.1, 0.15) is 15.9 Å². The van der Waals surface area contributed by atoms with Crippen LogP contribution in [0.5, 0.6) is 17.2 Å². The van der Waals surface area contributed by atoms with Crippen LogP contribution in [-0.4, -0.2) is 31.8 Å². The molecule has 0 heterocycles. The lowest BCUT2D eigenvalue weighted by atomic mass is 10.2. The second-order valence-electron chi connectivity index (χ2n) is 6.23. The van der Waals surface area contributed by atoms with Gasteiger partial charge in [-0.05, 0) is 66.2 Å². The maximum absolute atomic E-state index is 12.8. The van der Waals surface area contributed by atoms with Crippen molar-refractivity contribution in [2.45, 2.75) is 0 Å². The number of halogens is 1. The molecule has 1 amide bonds. The molecule has 3 aromatic rings. The highest BCUT2D eigenvalue weighted by Gasteiger charge is 2.09. The summed E-state index contributed by atoms with van der Waals surface area (Å²) in [6, 6.07) is 18.5. The zero-order chi connectivity index (χ0) is 22.1. The van der Waals surface area contributed by atoms with E-state index in [1.807, 2.05) is 0 Å². The molecule has 0 saturated carbocycles. The Morgan fingerprint density at radius 1 is 0.968 bits per heavy atom. The smallest absolute Gasteiger partial charge is 0.343 e. The van der Waals surface area contributed by atoms with Gasteiger partial charge in [0, 0.05) is 0 Å². The number of benzene rings is 3. The SMILES string of the molecule is COc1ccc(C(=O)Oc2cccc(C=NNC(=O)COc3ccc(F)cc3)c2)cc1. The molecule has 0 unspecified atom stereocenters. The molecule has 31 heavy (non-hydrogen) atoms.